The van der Waals surface area contributed by atoms with Crippen molar-refractivity contribution in [1.82, 2.24) is 5.32 Å². The molecule has 0 saturated heterocycles. The Hall–Kier alpha value is -2.86. The Morgan fingerprint density at radius 1 is 1.04 bits per heavy atom. The highest BCUT2D eigenvalue weighted by Gasteiger charge is 2.16. The summed E-state index contributed by atoms with van der Waals surface area (Å²) in [5.74, 6) is 0.547. The molecule has 0 radical (unpaired) electrons. The van der Waals surface area contributed by atoms with Crippen molar-refractivity contribution in [2.75, 3.05) is 25.1 Å². The van der Waals surface area contributed by atoms with Crippen molar-refractivity contribution >= 4 is 17.5 Å². The number of hydrogen-bond donors (Lipinski definition) is 2. The van der Waals surface area contributed by atoms with Crippen molar-refractivity contribution in [3.05, 3.63) is 58.7 Å². The maximum absolute atomic E-state index is 12.2. The molecule has 0 bridgehead atoms. The molecule has 2 aliphatic heterocycles. The predicted molar refractivity (Wildman–Crippen MR) is 105 cm³/mol. The molecular formula is C22H24N2O4. The molecule has 0 fully saturated rings. The van der Waals surface area contributed by atoms with E-state index in [1.165, 1.54) is 16.7 Å². The minimum absolute atomic E-state index is 0.0318. The fraction of sp³-hybridized carbons (Fsp3) is 0.364. The summed E-state index contributed by atoms with van der Waals surface area (Å²) < 4.78 is 10.8. The summed E-state index contributed by atoms with van der Waals surface area (Å²) >= 11 is 0. The third kappa shape index (κ3) is 4.51. The first-order valence-electron chi connectivity index (χ1n) is 9.68. The Morgan fingerprint density at radius 3 is 2.82 bits per heavy atom. The van der Waals surface area contributed by atoms with Crippen LogP contribution >= 0.6 is 0 Å². The minimum Gasteiger partial charge on any atom is -0.482 e. The molecule has 0 unspecified atom stereocenters. The van der Waals surface area contributed by atoms with Crippen molar-refractivity contribution < 1.29 is 19.1 Å². The number of amides is 2. The van der Waals surface area contributed by atoms with Crippen LogP contribution in [0, 0.1) is 0 Å². The quantitative estimate of drug-likeness (QED) is 0.807. The second kappa shape index (κ2) is 8.44. The van der Waals surface area contributed by atoms with Gasteiger partial charge in [0.15, 0.2) is 6.61 Å². The van der Waals surface area contributed by atoms with Crippen LogP contribution in [0.25, 0.3) is 0 Å². The van der Waals surface area contributed by atoms with Gasteiger partial charge in [-0.3, -0.25) is 9.59 Å². The largest absolute Gasteiger partial charge is 0.482 e. The van der Waals surface area contributed by atoms with Gasteiger partial charge in [0.05, 0.1) is 18.9 Å². The summed E-state index contributed by atoms with van der Waals surface area (Å²) in [7, 11) is 0. The number of benzene rings is 2. The zero-order chi connectivity index (χ0) is 19.3. The van der Waals surface area contributed by atoms with Crippen molar-refractivity contribution in [1.29, 1.82) is 0 Å². The standard InChI is InChI=1S/C22H24N2O4/c25-21(6-3-15-2-5-20-19(12-15)24-22(26)14-28-20)23-9-7-16-1-4-18-13-27-10-8-17(18)11-16/h1-2,4-5,11-12H,3,6-10,13-14H2,(H,23,25)(H,24,26). The SMILES string of the molecule is O=C(CCc1ccc2c(c1)NC(=O)CO2)NCCc1ccc2c(c1)CCOC2. The van der Waals surface area contributed by atoms with E-state index in [1.807, 2.05) is 18.2 Å². The lowest BCUT2D eigenvalue weighted by molar-refractivity contribution is -0.121. The molecule has 2 aromatic rings. The second-order valence-corrected chi connectivity index (χ2v) is 7.17. The molecule has 6 heteroatoms. The van der Waals surface area contributed by atoms with Gasteiger partial charge in [-0.05, 0) is 53.6 Å². The normalized spacial score (nSPS) is 15.1. The minimum atomic E-state index is -0.155. The second-order valence-electron chi connectivity index (χ2n) is 7.17. The molecule has 146 valence electrons. The van der Waals surface area contributed by atoms with E-state index < -0.39 is 0 Å². The molecule has 0 saturated carbocycles. The van der Waals surface area contributed by atoms with E-state index in [2.05, 4.69) is 28.8 Å². The fourth-order valence-electron chi connectivity index (χ4n) is 3.55. The van der Waals surface area contributed by atoms with Crippen LogP contribution in [0.5, 0.6) is 5.75 Å². The predicted octanol–water partition coefficient (Wildman–Crippen LogP) is 2.38. The summed E-state index contributed by atoms with van der Waals surface area (Å²) in [6.07, 6.45) is 2.81. The molecule has 6 nitrogen and oxygen atoms in total. The number of carbonyl (C=O) groups is 2. The van der Waals surface area contributed by atoms with Gasteiger partial charge in [-0.15, -0.1) is 0 Å². The van der Waals surface area contributed by atoms with Gasteiger partial charge in [0.2, 0.25) is 5.91 Å². The molecule has 0 aromatic heterocycles. The number of rotatable bonds is 6. The average molecular weight is 380 g/mol. The highest BCUT2D eigenvalue weighted by Crippen LogP contribution is 2.28. The van der Waals surface area contributed by atoms with Gasteiger partial charge in [0.25, 0.3) is 5.91 Å². The molecule has 4 rings (SSSR count). The summed E-state index contributed by atoms with van der Waals surface area (Å²) in [4.78, 5) is 23.6. The van der Waals surface area contributed by atoms with E-state index in [4.69, 9.17) is 9.47 Å². The first-order chi connectivity index (χ1) is 13.7. The van der Waals surface area contributed by atoms with E-state index in [0.29, 0.717) is 37.4 Å². The monoisotopic (exact) mass is 380 g/mol. The van der Waals surface area contributed by atoms with Crippen LogP contribution in [0.2, 0.25) is 0 Å². The van der Waals surface area contributed by atoms with Crippen LogP contribution in [0.1, 0.15) is 28.7 Å². The van der Waals surface area contributed by atoms with Gasteiger partial charge in [-0.1, -0.05) is 24.3 Å². The molecule has 0 atom stereocenters. The van der Waals surface area contributed by atoms with E-state index in [9.17, 15) is 9.59 Å². The van der Waals surface area contributed by atoms with Crippen LogP contribution in [-0.4, -0.2) is 31.6 Å². The highest BCUT2D eigenvalue weighted by molar-refractivity contribution is 5.95. The summed E-state index contributed by atoms with van der Waals surface area (Å²) in [5, 5.41) is 5.78. The molecular weight excluding hydrogens is 356 g/mol. The number of anilines is 1. The lowest BCUT2D eigenvalue weighted by Gasteiger charge is -2.18. The van der Waals surface area contributed by atoms with Crippen molar-refractivity contribution in [3.63, 3.8) is 0 Å². The Labute approximate surface area is 164 Å². The third-order valence-corrected chi connectivity index (χ3v) is 5.10. The van der Waals surface area contributed by atoms with Gasteiger partial charge in [0.1, 0.15) is 5.75 Å². The lowest BCUT2D eigenvalue weighted by Crippen LogP contribution is -2.26. The van der Waals surface area contributed by atoms with Gasteiger partial charge >= 0.3 is 0 Å². The number of nitrogens with one attached hydrogen (secondary N) is 2. The average Bonchev–Trinajstić information content (AvgIpc) is 2.72. The number of ether oxygens (including phenoxy) is 2. The maximum Gasteiger partial charge on any atom is 0.262 e. The van der Waals surface area contributed by atoms with E-state index in [0.717, 1.165) is 25.0 Å². The van der Waals surface area contributed by atoms with Crippen LogP contribution in [0.3, 0.4) is 0 Å². The number of carbonyl (C=O) groups excluding carboxylic acids is 2. The molecule has 2 aliphatic rings. The van der Waals surface area contributed by atoms with Crippen molar-refractivity contribution in [2.45, 2.75) is 32.3 Å². The highest BCUT2D eigenvalue weighted by atomic mass is 16.5. The van der Waals surface area contributed by atoms with Crippen LogP contribution in [0.4, 0.5) is 5.69 Å². The van der Waals surface area contributed by atoms with E-state index >= 15 is 0 Å². The molecule has 2 heterocycles. The van der Waals surface area contributed by atoms with Crippen LogP contribution in [0.15, 0.2) is 36.4 Å². The molecule has 0 spiro atoms. The Kier molecular flexibility index (Phi) is 5.58. The summed E-state index contributed by atoms with van der Waals surface area (Å²) in [6, 6.07) is 12.1. The fourth-order valence-corrected chi connectivity index (χ4v) is 3.55. The summed E-state index contributed by atoms with van der Waals surface area (Å²) in [6.45, 7) is 2.16. The Bertz CT molecular complexity index is 894. The summed E-state index contributed by atoms with van der Waals surface area (Å²) in [5.41, 5.74) is 5.54. The topological polar surface area (TPSA) is 76.7 Å². The van der Waals surface area contributed by atoms with Gasteiger partial charge < -0.3 is 20.1 Å². The molecule has 2 aromatic carbocycles. The zero-order valence-corrected chi connectivity index (χ0v) is 15.8. The molecule has 28 heavy (non-hydrogen) atoms. The van der Waals surface area contributed by atoms with Crippen LogP contribution < -0.4 is 15.4 Å². The number of fused-ring (bicyclic) bond motifs is 2. The molecule has 0 aliphatic carbocycles. The smallest absolute Gasteiger partial charge is 0.262 e. The zero-order valence-electron chi connectivity index (χ0n) is 15.8. The maximum atomic E-state index is 12.2. The van der Waals surface area contributed by atoms with Gasteiger partial charge in [-0.2, -0.15) is 0 Å². The van der Waals surface area contributed by atoms with E-state index in [-0.39, 0.29) is 18.4 Å². The lowest BCUT2D eigenvalue weighted by atomic mass is 9.99. The molecule has 2 N–H and O–H groups in total. The van der Waals surface area contributed by atoms with Crippen molar-refractivity contribution in [3.8, 4) is 5.75 Å². The Morgan fingerprint density at radius 2 is 1.89 bits per heavy atom. The van der Waals surface area contributed by atoms with Gasteiger partial charge in [-0.25, -0.2) is 0 Å². The number of hydrogen-bond acceptors (Lipinski definition) is 4. The van der Waals surface area contributed by atoms with Gasteiger partial charge in [0, 0.05) is 13.0 Å². The third-order valence-electron chi connectivity index (χ3n) is 5.10. The van der Waals surface area contributed by atoms with E-state index in [1.54, 1.807) is 0 Å². The first kappa shape index (κ1) is 18.5. The van der Waals surface area contributed by atoms with Crippen LogP contribution in [-0.2, 0) is 40.2 Å². The van der Waals surface area contributed by atoms with Crippen molar-refractivity contribution in [2.24, 2.45) is 0 Å². The Balaban J connectivity index is 1.23. The number of aryl methyl sites for hydroxylation is 1. The first-order valence-corrected chi connectivity index (χ1v) is 9.68. The molecule has 2 amide bonds.